The van der Waals surface area contributed by atoms with Crippen LogP contribution in [0.1, 0.15) is 72.4 Å². The van der Waals surface area contributed by atoms with Gasteiger partial charge in [0, 0.05) is 166 Å². The third kappa shape index (κ3) is 14.9. The highest BCUT2D eigenvalue weighted by molar-refractivity contribution is 7.12. The Morgan fingerprint density at radius 3 is 1.65 bits per heavy atom. The Morgan fingerprint density at radius 2 is 1.15 bits per heavy atom. The van der Waals surface area contributed by atoms with E-state index in [9.17, 15) is 38.3 Å². The van der Waals surface area contributed by atoms with E-state index in [4.69, 9.17) is 65.9 Å². The summed E-state index contributed by atoms with van der Waals surface area (Å²) in [4.78, 5) is 115. The lowest BCUT2D eigenvalue weighted by Crippen LogP contribution is -2.53. The second-order valence-electron chi connectivity index (χ2n) is 26.2. The van der Waals surface area contributed by atoms with Crippen LogP contribution in [0.4, 0.5) is 31.2 Å². The Hall–Kier alpha value is -8.86. The molecule has 23 nitrogen and oxygen atoms in total. The van der Waals surface area contributed by atoms with Gasteiger partial charge in [0.15, 0.2) is 21.7 Å². The number of carbonyl (C=O) groups excluding carboxylic acids is 5. The Balaban J connectivity index is 0.000000182. The summed E-state index contributed by atoms with van der Waals surface area (Å²) < 4.78 is 24.5. The number of aliphatic carboxylic acids is 1. The molecular weight excluding hydrogens is 1430 g/mol. The average molecular weight is 1500 g/mol. The fourth-order valence-electron chi connectivity index (χ4n) is 13.9. The quantitative estimate of drug-likeness (QED) is 0.0717. The number of aliphatic imine (C=N–C) groups is 2. The summed E-state index contributed by atoms with van der Waals surface area (Å²) in [6, 6.07) is 24.4. The molecule has 5 fully saturated rings. The summed E-state index contributed by atoms with van der Waals surface area (Å²) in [5, 5.41) is 22.6. The molecule has 0 aliphatic carbocycles. The molecule has 10 heterocycles. The molecule has 3 aromatic heterocycles. The molecule has 3 N–H and O–H groups in total. The number of aromatic nitrogens is 3. The zero-order valence-electron chi connectivity index (χ0n) is 56.1. The topological polar surface area (TPSA) is 251 Å². The molecule has 530 valence electrons. The predicted molar refractivity (Wildman–Crippen MR) is 392 cm³/mol. The maximum absolute atomic E-state index is 14.0. The largest absolute Gasteiger partial charge is 0.481 e. The molecule has 4 atom stereocenters. The molecule has 4 aromatic carbocycles. The molecule has 0 unspecified atom stereocenters. The first-order chi connectivity index (χ1) is 49.0. The number of urea groups is 2. The Labute approximate surface area is 615 Å². The number of fused-ring (bicyclic) bond motifs is 2. The van der Waals surface area contributed by atoms with Crippen LogP contribution in [0.15, 0.2) is 153 Å². The fraction of sp³-hybridized carbons (Fsp3) is 0.347. The number of hydrogen-bond acceptors (Lipinski definition) is 20. The van der Waals surface area contributed by atoms with Crippen LogP contribution in [0, 0.1) is 11.7 Å². The number of carboxylic acids is 1. The minimum atomic E-state index is -0.873. The monoisotopic (exact) mass is 1500 g/mol. The average Bonchev–Trinajstić information content (AvgIpc) is 1.29. The number of ketones is 1. The van der Waals surface area contributed by atoms with Crippen molar-refractivity contribution in [3.63, 3.8) is 0 Å². The van der Waals surface area contributed by atoms with E-state index in [1.807, 2.05) is 82.9 Å². The smallest absolute Gasteiger partial charge is 0.338 e. The number of Topliss-reactive ketones (excluding diaryl/α,β-unsaturated/α-hetero) is 1. The summed E-state index contributed by atoms with van der Waals surface area (Å²) in [6.07, 6.45) is 6.23. The lowest BCUT2D eigenvalue weighted by Gasteiger charge is -2.38. The van der Waals surface area contributed by atoms with Crippen molar-refractivity contribution >= 4 is 134 Å². The number of amidine groups is 2. The second kappa shape index (κ2) is 30.2. The van der Waals surface area contributed by atoms with E-state index in [0.29, 0.717) is 168 Å². The standard InChI is InChI=1S/C38H37Cl2N7O4S.C34H34Cl2FN7O5S/c1-22(48)38(2,3)25-8-5-23(6-9-25)24-7-12-31(42-18-24)47-20-27-19-45(14-15-46(27)37(47)50)21-30-32(36(49)51-4)33(28-11-10-26(39)17-29(28)40)44-34(43-30)35-41-13-16-52-35;1-49-33(47)28-27(39-30(31-38-6-11-50-31)40-29(28)25-3-2-21(37)14-26(25)36)18-41-9-10-43-24(16-41)17-44(34(43)48)23-13-20(35)12-22(15-23)42-7-4-19(5-8-42)32(45)46/h5-13,16-18,27,33H,14-15,19-21H2,1-4H3,(H,43,44);2-3,6,11-15,19,24,29H,4-5,7-10,16-18H2,1H3,(H,39,40)(H,45,46)/t27-,33-;24-,29-/m00/s1. The summed E-state index contributed by atoms with van der Waals surface area (Å²) in [5.41, 5.74) is 6.70. The van der Waals surface area contributed by atoms with E-state index in [2.05, 4.69) is 40.3 Å². The number of carboxylic acid groups (broad SMARTS) is 1. The third-order valence-corrected chi connectivity index (χ3v) is 22.4. The number of nitrogens with zero attached hydrogens (tertiary/aromatic N) is 12. The van der Waals surface area contributed by atoms with Gasteiger partial charge in [0.25, 0.3) is 0 Å². The minimum absolute atomic E-state index is 0.0818. The number of thiazole rings is 2. The molecule has 0 saturated carbocycles. The van der Waals surface area contributed by atoms with Crippen LogP contribution in [0.5, 0.6) is 0 Å². The summed E-state index contributed by atoms with van der Waals surface area (Å²) >= 11 is 28.8. The second-order valence-corrected chi connectivity index (χ2v) is 29.6. The molecule has 7 aliphatic heterocycles. The van der Waals surface area contributed by atoms with E-state index in [1.165, 1.54) is 55.1 Å². The van der Waals surface area contributed by atoms with Gasteiger partial charge in [-0.1, -0.05) is 82.8 Å². The number of hydrogen-bond donors (Lipinski definition) is 3. The van der Waals surface area contributed by atoms with Gasteiger partial charge in [0.1, 0.15) is 29.5 Å². The number of ether oxygens (including phenoxy) is 2. The van der Waals surface area contributed by atoms with Crippen molar-refractivity contribution in [2.24, 2.45) is 15.9 Å². The molecular formula is C72H71Cl4FN14O9S2. The first kappa shape index (κ1) is 71.5. The molecule has 5 saturated heterocycles. The van der Waals surface area contributed by atoms with Gasteiger partial charge in [-0.25, -0.2) is 38.5 Å². The molecule has 7 aliphatic rings. The first-order valence-electron chi connectivity index (χ1n) is 33.0. The molecule has 0 bridgehead atoms. The molecule has 102 heavy (non-hydrogen) atoms. The Bertz CT molecular complexity index is 4540. The number of esters is 2. The molecule has 14 rings (SSSR count). The normalized spacial score (nSPS) is 20.5. The van der Waals surface area contributed by atoms with Gasteiger partial charge >= 0.3 is 30.0 Å². The Morgan fingerprint density at radius 1 is 0.618 bits per heavy atom. The maximum atomic E-state index is 14.0. The number of nitrogens with one attached hydrogen (secondary N) is 2. The van der Waals surface area contributed by atoms with Gasteiger partial charge in [0.05, 0.1) is 49.9 Å². The number of halogens is 5. The van der Waals surface area contributed by atoms with Crippen LogP contribution in [-0.2, 0) is 34.1 Å². The molecule has 4 amide bonds. The van der Waals surface area contributed by atoms with E-state index in [-0.39, 0.29) is 46.4 Å². The number of methoxy groups -OCH3 is 2. The van der Waals surface area contributed by atoms with Crippen molar-refractivity contribution < 1.29 is 47.7 Å². The summed E-state index contributed by atoms with van der Waals surface area (Å²) in [6.45, 7) is 11.5. The highest BCUT2D eigenvalue weighted by atomic mass is 35.5. The van der Waals surface area contributed by atoms with Crippen LogP contribution in [0.3, 0.4) is 0 Å². The van der Waals surface area contributed by atoms with Crippen molar-refractivity contribution in [3.05, 3.63) is 195 Å². The van der Waals surface area contributed by atoms with Crippen molar-refractivity contribution in [1.82, 2.24) is 45.2 Å². The minimum Gasteiger partial charge on any atom is -0.481 e. The number of piperazine rings is 2. The van der Waals surface area contributed by atoms with E-state index >= 15 is 0 Å². The molecule has 0 radical (unpaired) electrons. The highest BCUT2D eigenvalue weighted by Gasteiger charge is 2.45. The van der Waals surface area contributed by atoms with Gasteiger partial charge in [-0.15, -0.1) is 22.7 Å². The third-order valence-electron chi connectivity index (χ3n) is 19.7. The van der Waals surface area contributed by atoms with E-state index < -0.39 is 41.2 Å². The van der Waals surface area contributed by atoms with Crippen LogP contribution in [-0.4, -0.2) is 192 Å². The van der Waals surface area contributed by atoms with Gasteiger partial charge in [-0.3, -0.25) is 39.2 Å². The summed E-state index contributed by atoms with van der Waals surface area (Å²) in [7, 11) is 2.64. The highest BCUT2D eigenvalue weighted by Crippen LogP contribution is 2.41. The predicted octanol–water partition coefficient (Wildman–Crippen LogP) is 11.6. The van der Waals surface area contributed by atoms with Crippen LogP contribution >= 0.6 is 69.1 Å². The van der Waals surface area contributed by atoms with E-state index in [0.717, 1.165) is 22.4 Å². The zero-order chi connectivity index (χ0) is 71.8. The zero-order valence-corrected chi connectivity index (χ0v) is 60.8. The number of anilines is 3. The number of rotatable bonds is 17. The van der Waals surface area contributed by atoms with Gasteiger partial charge < -0.3 is 39.9 Å². The number of piperidine rings is 1. The molecule has 30 heteroatoms. The molecule has 7 aromatic rings. The van der Waals surface area contributed by atoms with Crippen LogP contribution in [0.2, 0.25) is 20.1 Å². The fourth-order valence-corrected chi connectivity index (χ4v) is 16.1. The van der Waals surface area contributed by atoms with Crippen molar-refractivity contribution in [2.45, 2.75) is 63.2 Å². The van der Waals surface area contributed by atoms with Crippen molar-refractivity contribution in [2.75, 3.05) is 107 Å². The van der Waals surface area contributed by atoms with Crippen LogP contribution in [0.25, 0.3) is 11.1 Å². The van der Waals surface area contributed by atoms with Crippen LogP contribution < -0.4 is 25.3 Å². The maximum Gasteiger partial charge on any atom is 0.338 e. The van der Waals surface area contributed by atoms with E-state index in [1.54, 1.807) is 59.6 Å². The lowest BCUT2D eigenvalue weighted by atomic mass is 9.81. The molecule has 0 spiro atoms. The van der Waals surface area contributed by atoms with Gasteiger partial charge in [-0.2, -0.15) is 0 Å². The van der Waals surface area contributed by atoms with Crippen molar-refractivity contribution in [1.29, 1.82) is 0 Å². The van der Waals surface area contributed by atoms with Gasteiger partial charge in [0.2, 0.25) is 0 Å². The summed E-state index contributed by atoms with van der Waals surface area (Å²) in [5.74, 6) is -1.07. The Kier molecular flexibility index (Phi) is 21.2. The van der Waals surface area contributed by atoms with Gasteiger partial charge in [-0.05, 0) is 99.3 Å². The number of pyridine rings is 1. The number of amides is 4. The first-order valence-corrected chi connectivity index (χ1v) is 36.3. The van der Waals surface area contributed by atoms with Crippen molar-refractivity contribution in [3.8, 4) is 11.1 Å². The lowest BCUT2D eigenvalue weighted by molar-refractivity contribution is -0.142. The number of benzene rings is 4. The number of carbonyl (C=O) groups is 6. The SMILES string of the molecule is COC(=O)C1=C(CN2CCN3C(=O)N(c4cc(Cl)cc(N5CCC(C(=O)O)CC5)c4)C[C@@H]3C2)NC(c2nccs2)=N[C@H]1c1ccc(F)cc1Cl.COC(=O)C1=C(CN2CCN3C(=O)N(c4ccc(-c5ccc(C(C)(C)C(C)=O)cc5)cn4)C[C@@H]3C2)NC(c2nccs2)=N[C@H]1c1ccc(Cl)cc1Cl.